The summed E-state index contributed by atoms with van der Waals surface area (Å²) in [6.45, 7) is 8.23. The number of carbonyl (C=O) groups excluding carboxylic acids is 1. The zero-order chi connectivity index (χ0) is 15.7. The molecule has 0 bridgehead atoms. The normalized spacial score (nSPS) is 12.0. The number of para-hydroxylation sites is 1. The summed E-state index contributed by atoms with van der Waals surface area (Å²) in [6, 6.07) is 5.90. The van der Waals surface area contributed by atoms with Crippen molar-refractivity contribution >= 4 is 21.8 Å². The minimum absolute atomic E-state index is 0.0754. The molecule has 0 aliphatic heterocycles. The number of benzene rings is 1. The molecule has 0 aromatic heterocycles. The molecular formula is C16H25BrN2O2. The van der Waals surface area contributed by atoms with Crippen LogP contribution in [0.5, 0.6) is 5.75 Å². The van der Waals surface area contributed by atoms with Crippen LogP contribution in [0.1, 0.15) is 39.2 Å². The van der Waals surface area contributed by atoms with E-state index in [0.29, 0.717) is 6.54 Å². The molecular weight excluding hydrogens is 332 g/mol. The van der Waals surface area contributed by atoms with Gasteiger partial charge in [-0.1, -0.05) is 32.4 Å². The molecule has 1 aromatic carbocycles. The van der Waals surface area contributed by atoms with E-state index in [1.807, 2.05) is 18.2 Å². The first kappa shape index (κ1) is 18.0. The summed E-state index contributed by atoms with van der Waals surface area (Å²) >= 11 is 3.50. The number of rotatable bonds is 9. The summed E-state index contributed by atoms with van der Waals surface area (Å²) in [4.78, 5) is 12.0. The molecule has 0 saturated carbocycles. The lowest BCUT2D eigenvalue weighted by Crippen LogP contribution is -2.37. The number of hydrogen-bond donors (Lipinski definition) is 2. The van der Waals surface area contributed by atoms with Gasteiger partial charge in [-0.25, -0.2) is 0 Å². The van der Waals surface area contributed by atoms with Crippen LogP contribution in [0, 0.1) is 0 Å². The zero-order valence-corrected chi connectivity index (χ0v) is 14.6. The van der Waals surface area contributed by atoms with E-state index in [1.54, 1.807) is 6.92 Å². The maximum absolute atomic E-state index is 12.0. The summed E-state index contributed by atoms with van der Waals surface area (Å²) in [6.07, 6.45) is 1.53. The molecule has 118 valence electrons. The number of amides is 1. The second kappa shape index (κ2) is 9.79. The maximum Gasteiger partial charge on any atom is 0.260 e. The van der Waals surface area contributed by atoms with Crippen LogP contribution in [-0.4, -0.2) is 25.1 Å². The van der Waals surface area contributed by atoms with E-state index in [0.717, 1.165) is 41.7 Å². The molecule has 0 aliphatic carbocycles. The van der Waals surface area contributed by atoms with Gasteiger partial charge in [0.15, 0.2) is 6.10 Å². The van der Waals surface area contributed by atoms with E-state index in [9.17, 15) is 4.79 Å². The van der Waals surface area contributed by atoms with Gasteiger partial charge in [0.2, 0.25) is 0 Å². The van der Waals surface area contributed by atoms with Gasteiger partial charge in [-0.2, -0.15) is 0 Å². The number of ether oxygens (including phenoxy) is 1. The van der Waals surface area contributed by atoms with Crippen molar-refractivity contribution in [2.24, 2.45) is 0 Å². The molecule has 1 unspecified atom stereocenters. The number of hydrogen-bond acceptors (Lipinski definition) is 3. The second-order valence-electron chi connectivity index (χ2n) is 4.91. The summed E-state index contributed by atoms with van der Waals surface area (Å²) in [5.74, 6) is 0.658. The SMILES string of the molecule is CCCCNC(=O)C(C)Oc1c(Br)cccc1CNCC. The molecule has 4 nitrogen and oxygen atoms in total. The number of halogens is 1. The molecule has 0 aliphatic rings. The number of nitrogens with one attached hydrogen (secondary N) is 2. The Morgan fingerprint density at radius 3 is 2.81 bits per heavy atom. The molecule has 1 atom stereocenters. The van der Waals surface area contributed by atoms with Crippen molar-refractivity contribution in [2.45, 2.75) is 46.3 Å². The van der Waals surface area contributed by atoms with Crippen LogP contribution in [-0.2, 0) is 11.3 Å². The van der Waals surface area contributed by atoms with Crippen molar-refractivity contribution in [2.75, 3.05) is 13.1 Å². The van der Waals surface area contributed by atoms with E-state index >= 15 is 0 Å². The molecule has 0 saturated heterocycles. The summed E-state index contributed by atoms with van der Waals surface area (Å²) < 4.78 is 6.73. The van der Waals surface area contributed by atoms with Crippen LogP contribution >= 0.6 is 15.9 Å². The Kier molecular flexibility index (Phi) is 8.38. The first-order chi connectivity index (χ1) is 10.1. The van der Waals surface area contributed by atoms with Gasteiger partial charge in [-0.3, -0.25) is 4.79 Å². The minimum atomic E-state index is -0.513. The lowest BCUT2D eigenvalue weighted by atomic mass is 10.2. The molecule has 1 rings (SSSR count). The van der Waals surface area contributed by atoms with Crippen molar-refractivity contribution in [3.63, 3.8) is 0 Å². The van der Waals surface area contributed by atoms with E-state index in [2.05, 4.69) is 40.4 Å². The summed E-state index contributed by atoms with van der Waals surface area (Å²) in [5, 5.41) is 6.17. The van der Waals surface area contributed by atoms with Gasteiger partial charge in [0.25, 0.3) is 5.91 Å². The Labute approximate surface area is 135 Å². The van der Waals surface area contributed by atoms with Gasteiger partial charge < -0.3 is 15.4 Å². The smallest absolute Gasteiger partial charge is 0.260 e. The lowest BCUT2D eigenvalue weighted by Gasteiger charge is -2.18. The van der Waals surface area contributed by atoms with Gasteiger partial charge >= 0.3 is 0 Å². The van der Waals surface area contributed by atoms with E-state index in [-0.39, 0.29) is 5.91 Å². The predicted molar refractivity (Wildman–Crippen MR) is 89.5 cm³/mol. The Morgan fingerprint density at radius 1 is 1.38 bits per heavy atom. The highest BCUT2D eigenvalue weighted by Gasteiger charge is 2.17. The molecule has 1 amide bonds. The van der Waals surface area contributed by atoms with Crippen LogP contribution in [0.2, 0.25) is 0 Å². The third-order valence-corrected chi connectivity index (χ3v) is 3.73. The van der Waals surface area contributed by atoms with Gasteiger partial charge in [0.1, 0.15) is 5.75 Å². The fourth-order valence-electron chi connectivity index (χ4n) is 1.85. The summed E-state index contributed by atoms with van der Waals surface area (Å²) in [5.41, 5.74) is 1.04. The fraction of sp³-hybridized carbons (Fsp3) is 0.562. The van der Waals surface area contributed by atoms with Crippen LogP contribution in [0.25, 0.3) is 0 Å². The average Bonchev–Trinajstić information content (AvgIpc) is 2.47. The van der Waals surface area contributed by atoms with Gasteiger partial charge in [-0.15, -0.1) is 0 Å². The fourth-order valence-corrected chi connectivity index (χ4v) is 2.35. The second-order valence-corrected chi connectivity index (χ2v) is 5.77. The molecule has 2 N–H and O–H groups in total. The monoisotopic (exact) mass is 356 g/mol. The number of unbranched alkanes of at least 4 members (excludes halogenated alkanes) is 1. The van der Waals surface area contributed by atoms with Crippen molar-refractivity contribution < 1.29 is 9.53 Å². The topological polar surface area (TPSA) is 50.4 Å². The Hall–Kier alpha value is -1.07. The largest absolute Gasteiger partial charge is 0.479 e. The van der Waals surface area contributed by atoms with Crippen LogP contribution in [0.4, 0.5) is 0 Å². The maximum atomic E-state index is 12.0. The molecule has 1 aromatic rings. The average molecular weight is 357 g/mol. The molecule has 21 heavy (non-hydrogen) atoms. The van der Waals surface area contributed by atoms with Crippen molar-refractivity contribution in [1.82, 2.24) is 10.6 Å². The quantitative estimate of drug-likeness (QED) is 0.667. The van der Waals surface area contributed by atoms with Crippen LogP contribution in [0.15, 0.2) is 22.7 Å². The van der Waals surface area contributed by atoms with E-state index in [4.69, 9.17) is 4.74 Å². The molecule has 0 heterocycles. The number of carbonyl (C=O) groups is 1. The zero-order valence-electron chi connectivity index (χ0n) is 13.0. The van der Waals surface area contributed by atoms with Gasteiger partial charge in [-0.05, 0) is 41.9 Å². The minimum Gasteiger partial charge on any atom is -0.479 e. The lowest BCUT2D eigenvalue weighted by molar-refractivity contribution is -0.127. The van der Waals surface area contributed by atoms with Crippen molar-refractivity contribution in [1.29, 1.82) is 0 Å². The third kappa shape index (κ3) is 6.06. The van der Waals surface area contributed by atoms with Gasteiger partial charge in [0.05, 0.1) is 4.47 Å². The van der Waals surface area contributed by atoms with E-state index in [1.165, 1.54) is 0 Å². The van der Waals surface area contributed by atoms with Crippen LogP contribution in [0.3, 0.4) is 0 Å². The first-order valence-electron chi connectivity index (χ1n) is 7.52. The molecule has 0 radical (unpaired) electrons. The summed E-state index contributed by atoms with van der Waals surface area (Å²) in [7, 11) is 0. The molecule has 0 spiro atoms. The Balaban J connectivity index is 2.69. The van der Waals surface area contributed by atoms with Crippen LogP contribution < -0.4 is 15.4 Å². The third-order valence-electron chi connectivity index (χ3n) is 3.11. The highest BCUT2D eigenvalue weighted by molar-refractivity contribution is 9.10. The standard InChI is InChI=1S/C16H25BrN2O2/c1-4-6-10-19-16(20)12(3)21-15-13(11-18-5-2)8-7-9-14(15)17/h7-9,12,18H,4-6,10-11H2,1-3H3,(H,19,20). The van der Waals surface area contributed by atoms with Gasteiger partial charge in [0, 0.05) is 18.7 Å². The molecule has 0 fully saturated rings. The Morgan fingerprint density at radius 2 is 2.14 bits per heavy atom. The van der Waals surface area contributed by atoms with E-state index < -0.39 is 6.10 Å². The highest BCUT2D eigenvalue weighted by Crippen LogP contribution is 2.30. The van der Waals surface area contributed by atoms with Crippen molar-refractivity contribution in [3.8, 4) is 5.75 Å². The Bertz CT molecular complexity index is 452. The molecule has 5 heteroatoms. The highest BCUT2D eigenvalue weighted by atomic mass is 79.9. The van der Waals surface area contributed by atoms with Crippen molar-refractivity contribution in [3.05, 3.63) is 28.2 Å². The first-order valence-corrected chi connectivity index (χ1v) is 8.31. The predicted octanol–water partition coefficient (Wildman–Crippen LogP) is 3.24.